The van der Waals surface area contributed by atoms with Crippen LogP contribution in [0, 0.1) is 34.6 Å². The van der Waals surface area contributed by atoms with Crippen molar-refractivity contribution in [3.05, 3.63) is 56.6 Å². The lowest BCUT2D eigenvalue weighted by molar-refractivity contribution is -0.142. The minimum atomic E-state index is -4.18. The molecule has 2 unspecified atom stereocenters. The molecule has 0 spiro atoms. The fourth-order valence-corrected chi connectivity index (χ4v) is 7.55. The first kappa shape index (κ1) is 24.8. The second-order valence-corrected chi connectivity index (χ2v) is 11.1. The van der Waals surface area contributed by atoms with E-state index >= 15 is 0 Å². The number of carbonyl (C=O) groups excluding carboxylic acids is 2. The number of sulfonamides is 1. The van der Waals surface area contributed by atoms with E-state index < -0.39 is 31.9 Å². The molecule has 1 aromatic carbocycles. The van der Waals surface area contributed by atoms with E-state index in [4.69, 9.17) is 15.0 Å². The molecule has 2 aromatic rings. The van der Waals surface area contributed by atoms with E-state index in [2.05, 4.69) is 9.88 Å². The molecule has 1 aromatic heterocycles. The summed E-state index contributed by atoms with van der Waals surface area (Å²) in [5, 5.41) is 4.03. The Labute approximate surface area is 197 Å². The first-order chi connectivity index (χ1) is 15.3. The highest BCUT2D eigenvalue weighted by Gasteiger charge is 2.55. The van der Waals surface area contributed by atoms with Gasteiger partial charge < -0.3 is 15.0 Å². The molecule has 33 heavy (non-hydrogen) atoms. The van der Waals surface area contributed by atoms with Crippen LogP contribution in [0.4, 0.5) is 5.88 Å². The van der Waals surface area contributed by atoms with Gasteiger partial charge in [-0.25, -0.2) is 8.42 Å². The second kappa shape index (κ2) is 8.86. The molecule has 0 bridgehead atoms. The Bertz CT molecular complexity index is 1270. The Morgan fingerprint density at radius 1 is 1.21 bits per heavy atom. The van der Waals surface area contributed by atoms with Gasteiger partial charge in [0.15, 0.2) is 0 Å². The van der Waals surface area contributed by atoms with E-state index in [1.54, 1.807) is 33.1 Å². The van der Waals surface area contributed by atoms with Gasteiger partial charge in [-0.05, 0) is 67.8 Å². The quantitative estimate of drug-likeness (QED) is 0.561. The van der Waals surface area contributed by atoms with Crippen LogP contribution < -0.4 is 10.5 Å². The largest absolute Gasteiger partial charge is 0.461 e. The molecule has 1 aliphatic heterocycles. The Kier molecular flexibility index (Phi) is 6.67. The highest BCUT2D eigenvalue weighted by molar-refractivity contribution is 8.05. The van der Waals surface area contributed by atoms with Crippen molar-refractivity contribution in [2.24, 2.45) is 5.73 Å². The van der Waals surface area contributed by atoms with Gasteiger partial charge in [-0.1, -0.05) is 17.3 Å². The third kappa shape index (κ3) is 4.26. The Hall–Kier alpha value is -2.79. The minimum Gasteiger partial charge on any atom is -0.461 e. The summed E-state index contributed by atoms with van der Waals surface area (Å²) in [7, 11) is -4.18. The summed E-state index contributed by atoms with van der Waals surface area (Å²) in [5.41, 5.74) is 10.4. The topological polar surface area (TPSA) is 142 Å². The molecule has 3 N–H and O–H groups in total. The van der Waals surface area contributed by atoms with Crippen LogP contribution in [0.2, 0.25) is 0 Å². The number of carbonyl (C=O) groups is 2. The van der Waals surface area contributed by atoms with Gasteiger partial charge in [-0.2, -0.15) is 0 Å². The van der Waals surface area contributed by atoms with Gasteiger partial charge in [0.1, 0.15) is 16.6 Å². The summed E-state index contributed by atoms with van der Waals surface area (Å²) in [5.74, 6) is -1.25. The fourth-order valence-electron chi connectivity index (χ4n) is 4.16. The van der Waals surface area contributed by atoms with Gasteiger partial charge in [-0.3, -0.25) is 14.3 Å². The number of hydrogen-bond donors (Lipinski definition) is 2. The lowest BCUT2D eigenvalue weighted by atomic mass is 9.83. The van der Waals surface area contributed by atoms with Gasteiger partial charge in [0.2, 0.25) is 21.8 Å². The predicted molar refractivity (Wildman–Crippen MR) is 126 cm³/mol. The maximum atomic E-state index is 13.5. The number of primary amides is 1. The third-order valence-electron chi connectivity index (χ3n) is 5.92. The normalized spacial score (nSPS) is 20.1. The number of thioether (sulfide) groups is 1. The number of aromatic nitrogens is 1. The zero-order valence-electron chi connectivity index (χ0n) is 19.3. The van der Waals surface area contributed by atoms with Gasteiger partial charge in [0.05, 0.1) is 5.69 Å². The Morgan fingerprint density at radius 3 is 2.42 bits per heavy atom. The maximum Gasteiger partial charge on any atom is 0.302 e. The monoisotopic (exact) mass is 493 g/mol. The maximum absolute atomic E-state index is 13.5. The number of amides is 1. The van der Waals surface area contributed by atoms with Crippen LogP contribution in [0.5, 0.6) is 0 Å². The first-order valence-corrected chi connectivity index (χ1v) is 12.6. The number of esters is 1. The molecule has 0 fully saturated rings. The molecule has 9 nitrogen and oxygen atoms in total. The lowest BCUT2D eigenvalue weighted by Gasteiger charge is -2.35. The Balaban J connectivity index is 2.18. The summed E-state index contributed by atoms with van der Waals surface area (Å²) in [6.45, 7) is 10.1. The number of anilines is 1. The van der Waals surface area contributed by atoms with Crippen molar-refractivity contribution in [2.75, 3.05) is 4.72 Å². The number of benzene rings is 1. The summed E-state index contributed by atoms with van der Waals surface area (Å²) in [4.78, 5) is 24.4. The second-order valence-electron chi connectivity index (χ2n) is 8.11. The van der Waals surface area contributed by atoms with Gasteiger partial charge in [-0.15, -0.1) is 11.8 Å². The van der Waals surface area contributed by atoms with E-state index in [1.165, 1.54) is 13.0 Å². The van der Waals surface area contributed by atoms with E-state index in [9.17, 15) is 18.0 Å². The van der Waals surface area contributed by atoms with Crippen molar-refractivity contribution in [3.8, 4) is 0 Å². The first-order valence-electron chi connectivity index (χ1n) is 10.1. The van der Waals surface area contributed by atoms with Crippen LogP contribution in [0.15, 0.2) is 22.1 Å². The predicted octanol–water partition coefficient (Wildman–Crippen LogP) is 3.03. The van der Waals surface area contributed by atoms with Crippen LogP contribution in [0.3, 0.4) is 0 Å². The van der Waals surface area contributed by atoms with Gasteiger partial charge in [0.25, 0.3) is 0 Å². The zero-order valence-corrected chi connectivity index (χ0v) is 20.9. The molecule has 0 aliphatic carbocycles. The van der Waals surface area contributed by atoms with Crippen molar-refractivity contribution in [1.82, 2.24) is 5.16 Å². The van der Waals surface area contributed by atoms with Crippen molar-refractivity contribution in [2.45, 2.75) is 58.1 Å². The number of hydrogen-bond acceptors (Lipinski definition) is 8. The highest BCUT2D eigenvalue weighted by Crippen LogP contribution is 2.51. The van der Waals surface area contributed by atoms with Crippen molar-refractivity contribution in [1.29, 1.82) is 0 Å². The lowest BCUT2D eigenvalue weighted by Crippen LogP contribution is -2.50. The molecular formula is C22H27N3O6S2. The van der Waals surface area contributed by atoms with Crippen molar-refractivity contribution >= 4 is 39.5 Å². The molecular weight excluding hydrogens is 466 g/mol. The standard InChI is InChI=1S/C22H27N3O6S2/c1-11-9-12(2)19(14(4)17(11)10-30-16(6)26)22(21(23)27)18(7-8-32-22)33(28,29)25-20-13(3)15(5)24-31-20/h7-9,18,25H,10H2,1-6H3,(H2,23,27). The molecule has 0 radical (unpaired) electrons. The van der Waals surface area contributed by atoms with Crippen LogP contribution in [-0.4, -0.2) is 30.7 Å². The summed E-state index contributed by atoms with van der Waals surface area (Å²) in [6, 6.07) is 1.84. The molecule has 1 aliphatic rings. The fraction of sp³-hybridized carbons (Fsp3) is 0.409. The molecule has 2 atom stereocenters. The van der Waals surface area contributed by atoms with Crippen molar-refractivity contribution < 1.29 is 27.3 Å². The van der Waals surface area contributed by atoms with Crippen LogP contribution in [0.1, 0.15) is 46.0 Å². The molecule has 0 saturated heterocycles. The number of nitrogens with two attached hydrogens (primary N) is 1. The van der Waals surface area contributed by atoms with E-state index in [1.807, 2.05) is 13.0 Å². The highest BCUT2D eigenvalue weighted by atomic mass is 32.2. The molecule has 2 heterocycles. The molecule has 0 saturated carbocycles. The van der Waals surface area contributed by atoms with E-state index in [0.29, 0.717) is 33.5 Å². The molecule has 11 heteroatoms. The Morgan fingerprint density at radius 2 is 1.88 bits per heavy atom. The third-order valence-corrected chi connectivity index (χ3v) is 9.05. The molecule has 1 amide bonds. The zero-order chi connectivity index (χ0) is 24.7. The minimum absolute atomic E-state index is 0.000575. The summed E-state index contributed by atoms with van der Waals surface area (Å²) < 4.78 is 38.1. The van der Waals surface area contributed by atoms with Crippen molar-refractivity contribution in [3.63, 3.8) is 0 Å². The summed E-state index contributed by atoms with van der Waals surface area (Å²) >= 11 is 1.04. The average Bonchev–Trinajstić information content (AvgIpc) is 3.28. The number of aryl methyl sites for hydroxylation is 3. The number of nitrogens with one attached hydrogen (secondary N) is 1. The molecule has 178 valence electrons. The van der Waals surface area contributed by atoms with E-state index in [-0.39, 0.29) is 12.5 Å². The number of nitrogens with zero attached hydrogens (tertiary/aromatic N) is 1. The van der Waals surface area contributed by atoms with E-state index in [0.717, 1.165) is 17.3 Å². The van der Waals surface area contributed by atoms with Crippen LogP contribution in [0.25, 0.3) is 0 Å². The summed E-state index contributed by atoms with van der Waals surface area (Å²) in [6.07, 6.45) is 1.45. The van der Waals surface area contributed by atoms with Gasteiger partial charge >= 0.3 is 5.97 Å². The smallest absolute Gasteiger partial charge is 0.302 e. The number of rotatable bonds is 7. The average molecular weight is 494 g/mol. The SMILES string of the molecule is CC(=O)OCc1c(C)cc(C)c(C2(C(N)=O)SC=CC2S(=O)(=O)Nc2onc(C)c2C)c1C. The van der Waals surface area contributed by atoms with Crippen LogP contribution in [-0.2, 0) is 35.7 Å². The molecule has 3 rings (SSSR count). The van der Waals surface area contributed by atoms with Gasteiger partial charge in [0, 0.05) is 12.5 Å². The van der Waals surface area contributed by atoms with Crippen LogP contribution >= 0.6 is 11.8 Å². The number of ether oxygens (including phenoxy) is 1.